The zero-order chi connectivity index (χ0) is 23.2. The first-order valence-corrected chi connectivity index (χ1v) is 12.0. The normalized spacial score (nSPS) is 41.7. The van der Waals surface area contributed by atoms with Gasteiger partial charge in [0.25, 0.3) is 0 Å². The lowest BCUT2D eigenvalue weighted by Crippen LogP contribution is -2.70. The molecule has 5 heterocycles. The third kappa shape index (κ3) is 4.09. The summed E-state index contributed by atoms with van der Waals surface area (Å²) in [6.07, 6.45) is 3.78. The van der Waals surface area contributed by atoms with Crippen molar-refractivity contribution in [1.82, 2.24) is 5.32 Å². The maximum absolute atomic E-state index is 12.6. The van der Waals surface area contributed by atoms with Crippen molar-refractivity contribution in [3.8, 4) is 0 Å². The number of carbonyl (C=O) groups excluding carboxylic acids is 2. The van der Waals surface area contributed by atoms with E-state index in [2.05, 4.69) is 12.2 Å². The molecule has 1 aliphatic carbocycles. The van der Waals surface area contributed by atoms with Gasteiger partial charge in [-0.05, 0) is 50.2 Å². The lowest BCUT2D eigenvalue weighted by Gasteiger charge is -2.59. The van der Waals surface area contributed by atoms with E-state index >= 15 is 0 Å². The van der Waals surface area contributed by atoms with Crippen molar-refractivity contribution >= 4 is 11.9 Å². The monoisotopic (exact) mass is 463 g/mol. The van der Waals surface area contributed by atoms with Gasteiger partial charge in [-0.2, -0.15) is 0 Å². The van der Waals surface area contributed by atoms with Crippen molar-refractivity contribution in [2.24, 2.45) is 23.7 Å². The Labute approximate surface area is 193 Å². The third-order valence-electron chi connectivity index (χ3n) is 7.94. The first-order valence-electron chi connectivity index (χ1n) is 12.0. The van der Waals surface area contributed by atoms with E-state index in [9.17, 15) is 9.59 Å². The summed E-state index contributed by atoms with van der Waals surface area (Å²) < 4.78 is 23.4. The molecule has 0 radical (unpaired) electrons. The second-order valence-electron chi connectivity index (χ2n) is 10.1. The van der Waals surface area contributed by atoms with Gasteiger partial charge in [0.2, 0.25) is 18.0 Å². The topological polar surface area (TPSA) is 105 Å². The van der Waals surface area contributed by atoms with E-state index in [1.807, 2.05) is 13.8 Å². The molecular weight excluding hydrogens is 430 g/mol. The minimum absolute atomic E-state index is 0.0303. The molecular formula is C24H33NO8. The van der Waals surface area contributed by atoms with Gasteiger partial charge < -0.3 is 23.9 Å². The van der Waals surface area contributed by atoms with Crippen molar-refractivity contribution in [2.75, 3.05) is 0 Å². The Balaban J connectivity index is 1.22. The number of amides is 1. The molecule has 8 atom stereocenters. The highest BCUT2D eigenvalue weighted by atomic mass is 17.3. The van der Waals surface area contributed by atoms with Gasteiger partial charge >= 0.3 is 5.97 Å². The van der Waals surface area contributed by atoms with Crippen LogP contribution >= 0.6 is 0 Å². The Bertz CT molecular complexity index is 874. The van der Waals surface area contributed by atoms with Gasteiger partial charge in [0, 0.05) is 24.7 Å². The highest BCUT2D eigenvalue weighted by Gasteiger charge is 2.69. The Morgan fingerprint density at radius 1 is 1.15 bits per heavy atom. The smallest absolute Gasteiger partial charge is 0.308 e. The maximum Gasteiger partial charge on any atom is 0.308 e. The van der Waals surface area contributed by atoms with Crippen LogP contribution < -0.4 is 5.32 Å². The van der Waals surface area contributed by atoms with Crippen molar-refractivity contribution < 1.29 is 38.0 Å². The van der Waals surface area contributed by atoms with Gasteiger partial charge in [-0.25, -0.2) is 9.78 Å². The van der Waals surface area contributed by atoms with Crippen LogP contribution in [0, 0.1) is 23.7 Å². The number of furan rings is 1. The van der Waals surface area contributed by atoms with Gasteiger partial charge in [0.05, 0.1) is 19.2 Å². The predicted molar refractivity (Wildman–Crippen MR) is 113 cm³/mol. The summed E-state index contributed by atoms with van der Waals surface area (Å²) in [5.74, 6) is -0.239. The van der Waals surface area contributed by atoms with Crippen LogP contribution in [0.2, 0.25) is 0 Å². The Morgan fingerprint density at radius 2 is 2.00 bits per heavy atom. The van der Waals surface area contributed by atoms with Crippen molar-refractivity contribution in [3.63, 3.8) is 0 Å². The molecule has 2 bridgehead atoms. The molecule has 4 saturated heterocycles. The quantitative estimate of drug-likeness (QED) is 0.505. The van der Waals surface area contributed by atoms with Crippen LogP contribution in [0.3, 0.4) is 0 Å². The van der Waals surface area contributed by atoms with Crippen molar-refractivity contribution in [3.05, 3.63) is 24.2 Å². The third-order valence-corrected chi connectivity index (χ3v) is 7.94. The molecule has 8 unspecified atom stereocenters. The number of nitrogens with one attached hydrogen (secondary N) is 1. The van der Waals surface area contributed by atoms with E-state index in [1.54, 1.807) is 18.4 Å². The molecule has 9 nitrogen and oxygen atoms in total. The van der Waals surface area contributed by atoms with E-state index in [0.717, 1.165) is 25.7 Å². The van der Waals surface area contributed by atoms with E-state index < -0.39 is 29.9 Å². The molecule has 1 N–H and O–H groups in total. The van der Waals surface area contributed by atoms with E-state index in [4.69, 9.17) is 28.4 Å². The minimum atomic E-state index is -0.876. The van der Waals surface area contributed by atoms with Gasteiger partial charge in [0.1, 0.15) is 5.76 Å². The zero-order valence-corrected chi connectivity index (χ0v) is 19.4. The van der Waals surface area contributed by atoms with Crippen molar-refractivity contribution in [2.45, 2.75) is 89.8 Å². The van der Waals surface area contributed by atoms with Gasteiger partial charge in [-0.3, -0.25) is 9.59 Å². The molecule has 5 aliphatic rings. The van der Waals surface area contributed by atoms with Crippen molar-refractivity contribution in [1.29, 1.82) is 0 Å². The highest BCUT2D eigenvalue weighted by Crippen LogP contribution is 2.60. The standard InChI is InChI=1S/C24H33NO8/c1-14-6-7-18-15(2)21(29-20(27)9-8-19(26)25-13-16-5-4-12-28-16)30-22-24(18)17(14)10-11-23(3,31-22)32-33-24/h4-5,12,14-15,17-18,21-22H,6-11,13H2,1-3H3,(H,25,26). The number of ether oxygens (including phenoxy) is 3. The van der Waals surface area contributed by atoms with E-state index in [0.29, 0.717) is 11.7 Å². The second kappa shape index (κ2) is 8.69. The zero-order valence-electron chi connectivity index (χ0n) is 19.4. The van der Waals surface area contributed by atoms with Gasteiger partial charge in [0.15, 0.2) is 11.9 Å². The first kappa shape index (κ1) is 22.8. The Hall–Kier alpha value is -1.94. The lowest BCUT2D eigenvalue weighted by molar-refractivity contribution is -0.576. The average Bonchev–Trinajstić information content (AvgIpc) is 3.21. The summed E-state index contributed by atoms with van der Waals surface area (Å²) in [4.78, 5) is 36.5. The van der Waals surface area contributed by atoms with E-state index in [1.165, 1.54) is 0 Å². The number of rotatable bonds is 6. The van der Waals surface area contributed by atoms with Crippen LogP contribution in [0.4, 0.5) is 0 Å². The number of esters is 1. The molecule has 6 rings (SSSR count). The minimum Gasteiger partial charge on any atom is -0.467 e. The summed E-state index contributed by atoms with van der Waals surface area (Å²) >= 11 is 0. The molecule has 0 aromatic carbocycles. The summed E-state index contributed by atoms with van der Waals surface area (Å²) in [5, 5.41) is 2.73. The summed E-state index contributed by atoms with van der Waals surface area (Å²) in [5.41, 5.74) is -0.693. The number of carbonyl (C=O) groups is 2. The van der Waals surface area contributed by atoms with Crippen LogP contribution in [0.5, 0.6) is 0 Å². The van der Waals surface area contributed by atoms with E-state index in [-0.39, 0.29) is 43.0 Å². The molecule has 4 aliphatic heterocycles. The molecule has 1 saturated carbocycles. The molecule has 33 heavy (non-hydrogen) atoms. The highest BCUT2D eigenvalue weighted by molar-refractivity contribution is 5.81. The molecule has 1 aromatic heterocycles. The largest absolute Gasteiger partial charge is 0.467 e. The molecule has 5 fully saturated rings. The molecule has 182 valence electrons. The van der Waals surface area contributed by atoms with Crippen LogP contribution in [0.15, 0.2) is 22.8 Å². The number of fused-ring (bicyclic) bond motifs is 2. The molecule has 9 heteroatoms. The van der Waals surface area contributed by atoms with Crippen LogP contribution in [0.1, 0.15) is 65.1 Å². The Morgan fingerprint density at radius 3 is 2.79 bits per heavy atom. The SMILES string of the molecule is CC1CCC2C(C)C(OC(=O)CCC(=O)NCc3ccco3)OC3OC4(C)CCC1C32OO4. The molecule has 1 spiro atoms. The predicted octanol–water partition coefficient (Wildman–Crippen LogP) is 3.43. The fourth-order valence-electron chi connectivity index (χ4n) is 6.10. The molecule has 1 amide bonds. The maximum atomic E-state index is 12.6. The van der Waals surface area contributed by atoms with Crippen LogP contribution in [-0.2, 0) is 40.1 Å². The average molecular weight is 464 g/mol. The molecule has 1 aromatic rings. The second-order valence-corrected chi connectivity index (χ2v) is 10.1. The van der Waals surface area contributed by atoms with Gasteiger partial charge in [-0.1, -0.05) is 13.8 Å². The fraction of sp³-hybridized carbons (Fsp3) is 0.750. The lowest BCUT2D eigenvalue weighted by atomic mass is 9.58. The first-order chi connectivity index (χ1) is 15.8. The Kier molecular flexibility index (Phi) is 6.01. The van der Waals surface area contributed by atoms with Crippen LogP contribution in [-0.4, -0.2) is 35.8 Å². The summed E-state index contributed by atoms with van der Waals surface area (Å²) in [6, 6.07) is 3.53. The number of hydrogen-bond acceptors (Lipinski definition) is 8. The number of hydrogen-bond donors (Lipinski definition) is 1. The summed E-state index contributed by atoms with van der Waals surface area (Å²) in [7, 11) is 0. The van der Waals surface area contributed by atoms with Crippen LogP contribution in [0.25, 0.3) is 0 Å². The van der Waals surface area contributed by atoms with Gasteiger partial charge in [-0.15, -0.1) is 0 Å². The summed E-state index contributed by atoms with van der Waals surface area (Å²) in [6.45, 7) is 6.43. The fourth-order valence-corrected chi connectivity index (χ4v) is 6.10.